The van der Waals surface area contributed by atoms with Gasteiger partial charge in [-0.05, 0) is 47.7 Å². The molecule has 1 unspecified atom stereocenters. The zero-order valence-corrected chi connectivity index (χ0v) is 15.0. The largest absolute Gasteiger partial charge is 0.387 e. The molecule has 2 aromatic rings. The van der Waals surface area contributed by atoms with E-state index < -0.39 is 37.2 Å². The summed E-state index contributed by atoms with van der Waals surface area (Å²) < 4.78 is 18.7. The third-order valence-electron chi connectivity index (χ3n) is 5.08. The molecule has 3 N–H and O–H groups in total. The molecule has 1 saturated heterocycles. The van der Waals surface area contributed by atoms with Crippen LogP contribution in [0.4, 0.5) is 4.39 Å². The zero-order chi connectivity index (χ0) is 19.6. The van der Waals surface area contributed by atoms with Crippen LogP contribution in [0.3, 0.4) is 0 Å². The van der Waals surface area contributed by atoms with Crippen LogP contribution in [0.1, 0.15) is 33.9 Å². The molecule has 0 aromatic heterocycles. The topological polar surface area (TPSA) is 69.9 Å². The SMILES string of the molecule is C#Cc1ccc(Cc2cc([C@@H]3O[C@H](CF)[C@@H](O)C(O)[C@H]3O)ccc2C)cc1. The van der Waals surface area contributed by atoms with E-state index >= 15 is 0 Å². The Morgan fingerprint density at radius 1 is 1.04 bits per heavy atom. The van der Waals surface area contributed by atoms with Crippen molar-refractivity contribution in [2.75, 3.05) is 6.67 Å². The van der Waals surface area contributed by atoms with E-state index in [0.717, 1.165) is 22.3 Å². The molecule has 5 heteroatoms. The van der Waals surface area contributed by atoms with E-state index in [4.69, 9.17) is 11.2 Å². The van der Waals surface area contributed by atoms with Gasteiger partial charge in [-0.25, -0.2) is 4.39 Å². The van der Waals surface area contributed by atoms with Crippen molar-refractivity contribution in [1.82, 2.24) is 0 Å². The molecule has 0 saturated carbocycles. The fourth-order valence-electron chi connectivity index (χ4n) is 3.35. The molecule has 5 atom stereocenters. The molecule has 27 heavy (non-hydrogen) atoms. The average molecular weight is 370 g/mol. The third-order valence-corrected chi connectivity index (χ3v) is 5.08. The summed E-state index contributed by atoms with van der Waals surface area (Å²) in [4.78, 5) is 0. The van der Waals surface area contributed by atoms with Gasteiger partial charge < -0.3 is 20.1 Å². The molecule has 4 nitrogen and oxygen atoms in total. The van der Waals surface area contributed by atoms with Gasteiger partial charge in [-0.3, -0.25) is 0 Å². The van der Waals surface area contributed by atoms with Gasteiger partial charge in [-0.15, -0.1) is 6.42 Å². The van der Waals surface area contributed by atoms with Crippen LogP contribution < -0.4 is 0 Å². The Morgan fingerprint density at radius 2 is 1.74 bits per heavy atom. The standard InChI is InChI=1S/C22H23FO4/c1-3-14-5-7-15(8-6-14)10-17-11-16(9-4-13(17)2)22-21(26)20(25)19(24)18(12-23)27-22/h1,4-9,11,18-22,24-26H,10,12H2,2H3/t18-,19-,20?,21-,22+/m1/s1. The summed E-state index contributed by atoms with van der Waals surface area (Å²) in [7, 11) is 0. The van der Waals surface area contributed by atoms with Crippen LogP contribution in [-0.4, -0.2) is 46.4 Å². The van der Waals surface area contributed by atoms with E-state index in [2.05, 4.69) is 5.92 Å². The quantitative estimate of drug-likeness (QED) is 0.721. The number of aliphatic hydroxyl groups is 3. The molecule has 142 valence electrons. The predicted molar refractivity (Wildman–Crippen MR) is 100.0 cm³/mol. The van der Waals surface area contributed by atoms with Crippen LogP contribution in [-0.2, 0) is 11.2 Å². The fourth-order valence-corrected chi connectivity index (χ4v) is 3.35. The van der Waals surface area contributed by atoms with Gasteiger partial charge in [0, 0.05) is 5.56 Å². The number of terminal acetylenes is 1. The molecule has 1 fully saturated rings. The van der Waals surface area contributed by atoms with E-state index in [9.17, 15) is 19.7 Å². The molecular formula is C22H23FO4. The van der Waals surface area contributed by atoms with Gasteiger partial charge >= 0.3 is 0 Å². The van der Waals surface area contributed by atoms with Gasteiger partial charge in [0.05, 0.1) is 0 Å². The Hall–Kier alpha value is -2.23. The number of ether oxygens (including phenoxy) is 1. The highest BCUT2D eigenvalue weighted by atomic mass is 19.1. The Morgan fingerprint density at radius 3 is 2.37 bits per heavy atom. The Balaban J connectivity index is 1.86. The second-order valence-electron chi connectivity index (χ2n) is 6.93. The highest BCUT2D eigenvalue weighted by Crippen LogP contribution is 2.33. The summed E-state index contributed by atoms with van der Waals surface area (Å²) >= 11 is 0. The maximum atomic E-state index is 13.1. The van der Waals surface area contributed by atoms with Crippen molar-refractivity contribution >= 4 is 0 Å². The first-order chi connectivity index (χ1) is 12.9. The van der Waals surface area contributed by atoms with Gasteiger partial charge in [0.25, 0.3) is 0 Å². The Labute approximate surface area is 158 Å². The lowest BCUT2D eigenvalue weighted by Gasteiger charge is -2.40. The molecule has 0 bridgehead atoms. The molecule has 3 rings (SSSR count). The minimum Gasteiger partial charge on any atom is -0.387 e. The van der Waals surface area contributed by atoms with E-state index in [1.807, 2.05) is 43.3 Å². The van der Waals surface area contributed by atoms with Crippen LogP contribution in [0.15, 0.2) is 42.5 Å². The van der Waals surface area contributed by atoms with Crippen LogP contribution in [0.2, 0.25) is 0 Å². The minimum absolute atomic E-state index is 0.632. The normalized spacial score (nSPS) is 27.9. The summed E-state index contributed by atoms with van der Waals surface area (Å²) in [5.74, 6) is 2.58. The number of alkyl halides is 1. The number of halogens is 1. The lowest BCUT2D eigenvalue weighted by molar-refractivity contribution is -0.227. The third kappa shape index (κ3) is 4.05. The molecule has 0 radical (unpaired) electrons. The van der Waals surface area contributed by atoms with Crippen LogP contribution in [0.25, 0.3) is 0 Å². The Bertz CT molecular complexity index is 825. The molecule has 0 aliphatic carbocycles. The first kappa shape index (κ1) is 19.5. The van der Waals surface area contributed by atoms with Gasteiger partial charge in [-0.1, -0.05) is 36.3 Å². The van der Waals surface area contributed by atoms with Crippen molar-refractivity contribution < 1.29 is 24.4 Å². The summed E-state index contributed by atoms with van der Waals surface area (Å²) in [6.07, 6.45) is -0.305. The lowest BCUT2D eigenvalue weighted by atomic mass is 9.89. The average Bonchev–Trinajstić information content (AvgIpc) is 2.69. The number of aryl methyl sites for hydroxylation is 1. The van der Waals surface area contributed by atoms with E-state index in [0.29, 0.717) is 12.0 Å². The van der Waals surface area contributed by atoms with Gasteiger partial charge in [0.15, 0.2) is 0 Å². The van der Waals surface area contributed by atoms with Crippen LogP contribution >= 0.6 is 0 Å². The summed E-state index contributed by atoms with van der Waals surface area (Å²) in [5.41, 5.74) is 4.61. The summed E-state index contributed by atoms with van der Waals surface area (Å²) in [5, 5.41) is 30.2. The van der Waals surface area contributed by atoms with Crippen molar-refractivity contribution in [2.24, 2.45) is 0 Å². The lowest BCUT2D eigenvalue weighted by Crippen LogP contribution is -2.54. The molecule has 1 heterocycles. The zero-order valence-electron chi connectivity index (χ0n) is 15.0. The predicted octanol–water partition coefficient (Wildman–Crippen LogP) is 2.06. The van der Waals surface area contributed by atoms with E-state index in [1.54, 1.807) is 6.07 Å². The van der Waals surface area contributed by atoms with Crippen LogP contribution in [0.5, 0.6) is 0 Å². The smallest absolute Gasteiger partial charge is 0.118 e. The molecule has 1 aliphatic rings. The fraction of sp³-hybridized carbons (Fsp3) is 0.364. The first-order valence-electron chi connectivity index (χ1n) is 8.85. The number of aliphatic hydroxyl groups excluding tert-OH is 3. The molecular weight excluding hydrogens is 347 g/mol. The van der Waals surface area contributed by atoms with Crippen molar-refractivity contribution in [2.45, 2.75) is 43.9 Å². The highest BCUT2D eigenvalue weighted by molar-refractivity contribution is 5.39. The van der Waals surface area contributed by atoms with Crippen molar-refractivity contribution in [3.8, 4) is 12.3 Å². The second-order valence-corrected chi connectivity index (χ2v) is 6.93. The van der Waals surface area contributed by atoms with Gasteiger partial charge in [-0.2, -0.15) is 0 Å². The van der Waals surface area contributed by atoms with Gasteiger partial charge in [0.2, 0.25) is 0 Å². The molecule has 2 aromatic carbocycles. The maximum Gasteiger partial charge on any atom is 0.118 e. The van der Waals surface area contributed by atoms with E-state index in [-0.39, 0.29) is 0 Å². The first-order valence-corrected chi connectivity index (χ1v) is 8.85. The monoisotopic (exact) mass is 370 g/mol. The van der Waals surface area contributed by atoms with Crippen molar-refractivity contribution in [1.29, 1.82) is 0 Å². The van der Waals surface area contributed by atoms with Gasteiger partial charge in [0.1, 0.15) is 37.2 Å². The maximum absolute atomic E-state index is 13.1. The van der Waals surface area contributed by atoms with Crippen LogP contribution in [0, 0.1) is 19.3 Å². The summed E-state index contributed by atoms with van der Waals surface area (Å²) in [6.45, 7) is 1.04. The number of benzene rings is 2. The molecule has 1 aliphatic heterocycles. The highest BCUT2D eigenvalue weighted by Gasteiger charge is 2.44. The second kappa shape index (κ2) is 8.20. The molecule has 0 amide bonds. The van der Waals surface area contributed by atoms with E-state index in [1.165, 1.54) is 0 Å². The number of hydrogen-bond donors (Lipinski definition) is 3. The summed E-state index contributed by atoms with van der Waals surface area (Å²) in [6, 6.07) is 13.3. The minimum atomic E-state index is -1.47. The van der Waals surface area contributed by atoms with Crippen molar-refractivity contribution in [3.05, 3.63) is 70.3 Å². The Kier molecular flexibility index (Phi) is 5.93. The molecule has 0 spiro atoms. The van der Waals surface area contributed by atoms with Crippen molar-refractivity contribution in [3.63, 3.8) is 0 Å². The number of hydrogen-bond acceptors (Lipinski definition) is 4. The number of rotatable bonds is 4.